The number of rotatable bonds is 3. The van der Waals surface area contributed by atoms with Crippen molar-refractivity contribution in [2.24, 2.45) is 11.8 Å². The van der Waals surface area contributed by atoms with Gasteiger partial charge in [-0.1, -0.05) is 19.1 Å². The number of aryl methyl sites for hydroxylation is 1. The number of halogens is 1. The number of carbonyl (C=O) groups is 2. The van der Waals surface area contributed by atoms with Gasteiger partial charge in [0.25, 0.3) is 5.91 Å². The molecule has 4 nitrogen and oxygen atoms in total. The molecule has 0 radical (unpaired) electrons. The lowest BCUT2D eigenvalue weighted by molar-refractivity contribution is -0.123. The van der Waals surface area contributed by atoms with Crippen molar-refractivity contribution >= 4 is 23.2 Å². The molecule has 0 spiro atoms. The molecule has 0 bridgehead atoms. The number of benzene rings is 1. The van der Waals surface area contributed by atoms with Crippen molar-refractivity contribution in [3.8, 4) is 0 Å². The van der Waals surface area contributed by atoms with E-state index in [0.717, 1.165) is 31.2 Å². The lowest BCUT2D eigenvalue weighted by Gasteiger charge is -2.16. The number of hydrogen-bond acceptors (Lipinski definition) is 3. The van der Waals surface area contributed by atoms with E-state index in [1.165, 1.54) is 33.9 Å². The van der Waals surface area contributed by atoms with E-state index in [9.17, 15) is 14.0 Å². The highest BCUT2D eigenvalue weighted by molar-refractivity contribution is 7.14. The number of amides is 2. The van der Waals surface area contributed by atoms with Crippen LogP contribution in [0.1, 0.15) is 51.4 Å². The van der Waals surface area contributed by atoms with Crippen LogP contribution in [0.25, 0.3) is 0 Å². The predicted molar refractivity (Wildman–Crippen MR) is 98.4 cm³/mol. The normalized spacial score (nSPS) is 23.8. The monoisotopic (exact) mass is 372 g/mol. The van der Waals surface area contributed by atoms with Crippen LogP contribution >= 0.6 is 11.3 Å². The van der Waals surface area contributed by atoms with E-state index in [1.807, 2.05) is 6.07 Å². The maximum absolute atomic E-state index is 13.0. The van der Waals surface area contributed by atoms with Gasteiger partial charge in [-0.05, 0) is 66.8 Å². The number of carbonyl (C=O) groups excluding carboxylic acids is 2. The maximum atomic E-state index is 13.0. The summed E-state index contributed by atoms with van der Waals surface area (Å²) in [6.07, 6.45) is 3.94. The van der Waals surface area contributed by atoms with E-state index in [0.29, 0.717) is 10.8 Å². The molecule has 2 aromatic rings. The molecule has 6 heteroatoms. The van der Waals surface area contributed by atoms with Gasteiger partial charge in [-0.3, -0.25) is 20.4 Å². The summed E-state index contributed by atoms with van der Waals surface area (Å²) < 4.78 is 13.0. The van der Waals surface area contributed by atoms with Crippen LogP contribution < -0.4 is 10.9 Å². The van der Waals surface area contributed by atoms with Crippen molar-refractivity contribution < 1.29 is 14.0 Å². The van der Waals surface area contributed by atoms with Crippen molar-refractivity contribution in [2.45, 2.75) is 38.5 Å². The van der Waals surface area contributed by atoms with Gasteiger partial charge >= 0.3 is 0 Å². The zero-order valence-corrected chi connectivity index (χ0v) is 15.4. The average Bonchev–Trinajstić information content (AvgIpc) is 3.32. The molecule has 0 saturated heterocycles. The molecule has 1 aromatic heterocycles. The molecule has 1 saturated carbocycles. The van der Waals surface area contributed by atoms with Gasteiger partial charge in [0.05, 0.1) is 4.88 Å². The Balaban J connectivity index is 1.31. The van der Waals surface area contributed by atoms with E-state index in [-0.39, 0.29) is 29.5 Å². The highest BCUT2D eigenvalue weighted by Gasteiger charge is 2.44. The van der Waals surface area contributed by atoms with Crippen LogP contribution in [0.5, 0.6) is 0 Å². The standard InChI is InChI=1S/C20H21FN2O2S/c1-11-2-7-17-13(8-11)9-18(26-17)20(25)23-22-19(24)16-10-15(16)12-3-5-14(21)6-4-12/h3-6,9,11,15-16H,2,7-8,10H2,1H3,(H,22,24)(H,23,25). The van der Waals surface area contributed by atoms with Crippen LogP contribution in [0, 0.1) is 17.7 Å². The van der Waals surface area contributed by atoms with E-state index in [2.05, 4.69) is 17.8 Å². The molecule has 1 heterocycles. The number of thiophene rings is 1. The van der Waals surface area contributed by atoms with Gasteiger partial charge in [-0.2, -0.15) is 0 Å². The average molecular weight is 372 g/mol. The fraction of sp³-hybridized carbons (Fsp3) is 0.400. The molecule has 2 aliphatic carbocycles. The first-order valence-corrected chi connectivity index (χ1v) is 9.80. The summed E-state index contributed by atoms with van der Waals surface area (Å²) in [4.78, 5) is 26.5. The van der Waals surface area contributed by atoms with Crippen molar-refractivity contribution in [3.05, 3.63) is 57.0 Å². The highest BCUT2D eigenvalue weighted by atomic mass is 32.1. The minimum absolute atomic E-state index is 0.100. The van der Waals surface area contributed by atoms with E-state index in [1.54, 1.807) is 12.1 Å². The first-order chi connectivity index (χ1) is 12.5. The largest absolute Gasteiger partial charge is 0.279 e. The molecule has 136 valence electrons. The second-order valence-electron chi connectivity index (χ2n) is 7.35. The van der Waals surface area contributed by atoms with Crippen molar-refractivity contribution in [2.75, 3.05) is 0 Å². The van der Waals surface area contributed by atoms with Gasteiger partial charge in [0.15, 0.2) is 0 Å². The summed E-state index contributed by atoms with van der Waals surface area (Å²) in [5.41, 5.74) is 7.29. The van der Waals surface area contributed by atoms with Gasteiger partial charge in [-0.25, -0.2) is 4.39 Å². The molecule has 4 rings (SSSR count). The first-order valence-electron chi connectivity index (χ1n) is 8.98. The zero-order chi connectivity index (χ0) is 18.3. The zero-order valence-electron chi connectivity index (χ0n) is 14.5. The Labute approximate surface area is 155 Å². The molecule has 26 heavy (non-hydrogen) atoms. The van der Waals surface area contributed by atoms with E-state index >= 15 is 0 Å². The lowest BCUT2D eigenvalue weighted by Crippen LogP contribution is -2.42. The number of nitrogens with one attached hydrogen (secondary N) is 2. The Morgan fingerprint density at radius 1 is 1.19 bits per heavy atom. The number of hydrazine groups is 1. The fourth-order valence-electron chi connectivity index (χ4n) is 3.65. The lowest BCUT2D eigenvalue weighted by atomic mass is 9.90. The van der Waals surface area contributed by atoms with E-state index < -0.39 is 0 Å². The highest BCUT2D eigenvalue weighted by Crippen LogP contribution is 2.47. The SMILES string of the molecule is CC1CCc2sc(C(=O)NNC(=O)C3CC3c3ccc(F)cc3)cc2C1. The van der Waals surface area contributed by atoms with Gasteiger partial charge in [0, 0.05) is 10.8 Å². The summed E-state index contributed by atoms with van der Waals surface area (Å²) in [5, 5.41) is 0. The Bertz CT molecular complexity index is 846. The third-order valence-corrected chi connectivity index (χ3v) is 6.51. The number of fused-ring (bicyclic) bond motifs is 1. The molecule has 2 aliphatic rings. The summed E-state index contributed by atoms with van der Waals surface area (Å²) >= 11 is 1.52. The molecular formula is C20H21FN2O2S. The Morgan fingerprint density at radius 3 is 2.73 bits per heavy atom. The molecule has 2 N–H and O–H groups in total. The summed E-state index contributed by atoms with van der Waals surface area (Å²) in [7, 11) is 0. The molecule has 0 aliphatic heterocycles. The molecule has 1 aromatic carbocycles. The fourth-order valence-corrected chi connectivity index (χ4v) is 4.76. The molecule has 3 unspecified atom stereocenters. The molecule has 3 atom stereocenters. The third kappa shape index (κ3) is 3.51. The van der Waals surface area contributed by atoms with Crippen LogP contribution in [-0.4, -0.2) is 11.8 Å². The Kier molecular flexibility index (Phi) is 4.53. The molecular weight excluding hydrogens is 351 g/mol. The maximum Gasteiger partial charge on any atom is 0.279 e. The van der Waals surface area contributed by atoms with Crippen molar-refractivity contribution in [1.82, 2.24) is 10.9 Å². The summed E-state index contributed by atoms with van der Waals surface area (Å²) in [5.74, 6) is -0.144. The minimum Gasteiger partial charge on any atom is -0.273 e. The molecule has 2 amide bonds. The summed E-state index contributed by atoms with van der Waals surface area (Å²) in [6, 6.07) is 8.19. The van der Waals surface area contributed by atoms with Crippen LogP contribution in [-0.2, 0) is 17.6 Å². The Hall–Kier alpha value is -2.21. The van der Waals surface area contributed by atoms with Crippen LogP contribution in [0.2, 0.25) is 0 Å². The molecule has 1 fully saturated rings. The van der Waals surface area contributed by atoms with Crippen LogP contribution in [0.15, 0.2) is 30.3 Å². The van der Waals surface area contributed by atoms with E-state index in [4.69, 9.17) is 0 Å². The second-order valence-corrected chi connectivity index (χ2v) is 8.49. The first kappa shape index (κ1) is 17.2. The minimum atomic E-state index is -0.282. The quantitative estimate of drug-likeness (QED) is 0.809. The van der Waals surface area contributed by atoms with Gasteiger partial charge in [0.1, 0.15) is 5.82 Å². The number of hydrogen-bond donors (Lipinski definition) is 2. The van der Waals surface area contributed by atoms with Crippen LogP contribution in [0.3, 0.4) is 0 Å². The van der Waals surface area contributed by atoms with Crippen molar-refractivity contribution in [1.29, 1.82) is 0 Å². The van der Waals surface area contributed by atoms with Gasteiger partial charge in [-0.15, -0.1) is 11.3 Å². The second kappa shape index (κ2) is 6.83. The third-order valence-electron chi connectivity index (χ3n) is 5.28. The summed E-state index contributed by atoms with van der Waals surface area (Å²) in [6.45, 7) is 2.23. The topological polar surface area (TPSA) is 58.2 Å². The van der Waals surface area contributed by atoms with Gasteiger partial charge < -0.3 is 0 Å². The smallest absolute Gasteiger partial charge is 0.273 e. The van der Waals surface area contributed by atoms with Gasteiger partial charge in [0.2, 0.25) is 5.91 Å². The predicted octanol–water partition coefficient (Wildman–Crippen LogP) is 3.58. The van der Waals surface area contributed by atoms with Crippen molar-refractivity contribution in [3.63, 3.8) is 0 Å². The Morgan fingerprint density at radius 2 is 1.96 bits per heavy atom. The van der Waals surface area contributed by atoms with Crippen LogP contribution in [0.4, 0.5) is 4.39 Å².